The fourth-order valence-corrected chi connectivity index (χ4v) is 2.89. The molecule has 1 atom stereocenters. The van der Waals surface area contributed by atoms with Crippen LogP contribution in [0.25, 0.3) is 10.9 Å². The molecule has 0 amide bonds. The third-order valence-corrected chi connectivity index (χ3v) is 3.90. The molecule has 0 fully saturated rings. The van der Waals surface area contributed by atoms with Gasteiger partial charge in [0, 0.05) is 35.4 Å². The Balaban J connectivity index is 2.02. The maximum atomic E-state index is 11.6. The van der Waals surface area contributed by atoms with Gasteiger partial charge in [-0.15, -0.1) is 0 Å². The first-order valence-electron chi connectivity index (χ1n) is 6.89. The first-order valence-corrected chi connectivity index (χ1v) is 6.89. The van der Waals surface area contributed by atoms with Crippen LogP contribution in [0, 0.1) is 6.92 Å². The molecule has 0 bridgehead atoms. The van der Waals surface area contributed by atoms with Crippen molar-refractivity contribution in [2.24, 2.45) is 0 Å². The van der Waals surface area contributed by atoms with Crippen LogP contribution in [0.3, 0.4) is 0 Å². The molecular weight excluding hydrogens is 264 g/mol. The van der Waals surface area contributed by atoms with E-state index in [1.165, 1.54) is 18.1 Å². The number of esters is 1. The molecule has 1 N–H and O–H groups in total. The van der Waals surface area contributed by atoms with E-state index in [1.807, 2.05) is 42.4 Å². The van der Waals surface area contributed by atoms with Gasteiger partial charge in [0.25, 0.3) is 0 Å². The van der Waals surface area contributed by atoms with Crippen molar-refractivity contribution in [2.45, 2.75) is 13.0 Å². The SMILES string of the molecule is COC(=O)C1=CN(C)C(c2c(C)[nH]c3ccccc23)C=C1. The molecule has 1 aliphatic rings. The summed E-state index contributed by atoms with van der Waals surface area (Å²) in [7, 11) is 3.37. The van der Waals surface area contributed by atoms with E-state index in [9.17, 15) is 4.79 Å². The number of ether oxygens (including phenoxy) is 1. The van der Waals surface area contributed by atoms with Crippen LogP contribution in [-0.2, 0) is 9.53 Å². The summed E-state index contributed by atoms with van der Waals surface area (Å²) in [5.74, 6) is -0.313. The number of carbonyl (C=O) groups is 1. The number of aryl methyl sites for hydroxylation is 1. The lowest BCUT2D eigenvalue weighted by molar-refractivity contribution is -0.135. The lowest BCUT2D eigenvalue weighted by Crippen LogP contribution is -2.23. The fraction of sp³-hybridized carbons (Fsp3) is 0.235. The summed E-state index contributed by atoms with van der Waals surface area (Å²) in [6.45, 7) is 2.08. The molecule has 1 unspecified atom stereocenters. The lowest BCUT2D eigenvalue weighted by atomic mass is 9.98. The van der Waals surface area contributed by atoms with E-state index in [-0.39, 0.29) is 12.0 Å². The van der Waals surface area contributed by atoms with Crippen molar-refractivity contribution in [3.8, 4) is 0 Å². The summed E-state index contributed by atoms with van der Waals surface area (Å²) >= 11 is 0. The molecule has 4 heteroatoms. The predicted octanol–water partition coefficient (Wildman–Crippen LogP) is 3.08. The van der Waals surface area contributed by atoms with Crippen molar-refractivity contribution in [1.29, 1.82) is 0 Å². The number of hydrogen-bond donors (Lipinski definition) is 1. The van der Waals surface area contributed by atoms with Crippen LogP contribution in [0.5, 0.6) is 0 Å². The molecular formula is C17H18N2O2. The Kier molecular flexibility index (Phi) is 3.29. The van der Waals surface area contributed by atoms with Crippen LogP contribution in [-0.4, -0.2) is 30.0 Å². The van der Waals surface area contributed by atoms with Gasteiger partial charge in [0.05, 0.1) is 18.7 Å². The number of likely N-dealkylation sites (N-methyl/N-ethyl adjacent to an activating group) is 1. The molecule has 0 saturated carbocycles. The molecule has 0 aliphatic carbocycles. The Morgan fingerprint density at radius 1 is 1.33 bits per heavy atom. The topological polar surface area (TPSA) is 45.3 Å². The van der Waals surface area contributed by atoms with Gasteiger partial charge in [0.2, 0.25) is 0 Å². The van der Waals surface area contributed by atoms with Crippen LogP contribution in [0.2, 0.25) is 0 Å². The zero-order chi connectivity index (χ0) is 15.0. The van der Waals surface area contributed by atoms with E-state index < -0.39 is 0 Å². The van der Waals surface area contributed by atoms with Gasteiger partial charge in [-0.3, -0.25) is 0 Å². The quantitative estimate of drug-likeness (QED) is 0.861. The van der Waals surface area contributed by atoms with Crippen LogP contribution in [0.15, 0.2) is 48.2 Å². The Morgan fingerprint density at radius 3 is 2.81 bits per heavy atom. The van der Waals surface area contributed by atoms with Crippen molar-refractivity contribution >= 4 is 16.9 Å². The molecule has 21 heavy (non-hydrogen) atoms. The van der Waals surface area contributed by atoms with Gasteiger partial charge in [0.1, 0.15) is 0 Å². The number of hydrogen-bond acceptors (Lipinski definition) is 3. The van der Waals surface area contributed by atoms with Crippen LogP contribution in [0.1, 0.15) is 17.3 Å². The number of para-hydroxylation sites is 1. The lowest BCUT2D eigenvalue weighted by Gasteiger charge is -2.28. The molecule has 1 aliphatic heterocycles. The largest absolute Gasteiger partial charge is 0.465 e. The van der Waals surface area contributed by atoms with Gasteiger partial charge >= 0.3 is 5.97 Å². The molecule has 3 rings (SSSR count). The molecule has 1 aromatic carbocycles. The zero-order valence-electron chi connectivity index (χ0n) is 12.4. The highest BCUT2D eigenvalue weighted by molar-refractivity contribution is 5.92. The van der Waals surface area contributed by atoms with E-state index >= 15 is 0 Å². The first kappa shape index (κ1) is 13.5. The van der Waals surface area contributed by atoms with E-state index in [1.54, 1.807) is 0 Å². The van der Waals surface area contributed by atoms with Gasteiger partial charge in [-0.25, -0.2) is 4.79 Å². The molecule has 1 aromatic heterocycles. The molecule has 0 radical (unpaired) electrons. The minimum Gasteiger partial charge on any atom is -0.465 e. The van der Waals surface area contributed by atoms with Crippen molar-refractivity contribution in [1.82, 2.24) is 9.88 Å². The molecule has 0 saturated heterocycles. The van der Waals surface area contributed by atoms with Crippen molar-refractivity contribution < 1.29 is 9.53 Å². The van der Waals surface area contributed by atoms with Crippen LogP contribution < -0.4 is 0 Å². The second-order valence-corrected chi connectivity index (χ2v) is 5.25. The second kappa shape index (κ2) is 5.13. The minimum atomic E-state index is -0.313. The number of rotatable bonds is 2. The fourth-order valence-electron chi connectivity index (χ4n) is 2.89. The maximum absolute atomic E-state index is 11.6. The standard InChI is InChI=1S/C17H18N2O2/c1-11-16(13-6-4-5-7-14(13)18-11)15-9-8-12(10-19(15)2)17(20)21-3/h4-10,15,18H,1-3H3. The number of benzene rings is 1. The molecule has 2 aromatic rings. The highest BCUT2D eigenvalue weighted by atomic mass is 16.5. The average Bonchev–Trinajstić information content (AvgIpc) is 2.82. The van der Waals surface area contributed by atoms with Gasteiger partial charge in [0.15, 0.2) is 0 Å². The summed E-state index contributed by atoms with van der Waals surface area (Å²) in [5, 5.41) is 1.21. The summed E-state index contributed by atoms with van der Waals surface area (Å²) in [6, 6.07) is 8.37. The highest BCUT2D eigenvalue weighted by Crippen LogP contribution is 2.34. The Hall–Kier alpha value is -2.49. The number of H-pyrrole nitrogens is 1. The second-order valence-electron chi connectivity index (χ2n) is 5.25. The van der Waals surface area contributed by atoms with Gasteiger partial charge < -0.3 is 14.6 Å². The van der Waals surface area contributed by atoms with Crippen molar-refractivity contribution in [3.63, 3.8) is 0 Å². The van der Waals surface area contributed by atoms with Gasteiger partial charge in [-0.1, -0.05) is 24.3 Å². The highest BCUT2D eigenvalue weighted by Gasteiger charge is 2.23. The predicted molar refractivity (Wildman–Crippen MR) is 82.8 cm³/mol. The number of carbonyl (C=O) groups excluding carboxylic acids is 1. The Morgan fingerprint density at radius 2 is 2.10 bits per heavy atom. The normalized spacial score (nSPS) is 18.0. The molecule has 2 heterocycles. The van der Waals surface area contributed by atoms with Gasteiger partial charge in [-0.2, -0.15) is 0 Å². The summed E-state index contributed by atoms with van der Waals surface area (Å²) in [5.41, 5.74) is 4.08. The average molecular weight is 282 g/mol. The van der Waals surface area contributed by atoms with Gasteiger partial charge in [-0.05, 0) is 19.1 Å². The number of methoxy groups -OCH3 is 1. The van der Waals surface area contributed by atoms with Crippen LogP contribution in [0.4, 0.5) is 0 Å². The van der Waals surface area contributed by atoms with E-state index in [4.69, 9.17) is 4.74 Å². The minimum absolute atomic E-state index is 0.106. The summed E-state index contributed by atoms with van der Waals surface area (Å²) in [4.78, 5) is 17.1. The molecule has 4 nitrogen and oxygen atoms in total. The number of fused-ring (bicyclic) bond motifs is 1. The number of nitrogens with one attached hydrogen (secondary N) is 1. The first-order chi connectivity index (χ1) is 10.1. The van der Waals surface area contributed by atoms with Crippen molar-refractivity contribution in [2.75, 3.05) is 14.2 Å². The number of nitrogens with zero attached hydrogens (tertiary/aromatic N) is 1. The zero-order valence-corrected chi connectivity index (χ0v) is 12.4. The smallest absolute Gasteiger partial charge is 0.339 e. The molecule has 0 spiro atoms. The van der Waals surface area contributed by atoms with Crippen LogP contribution >= 0.6 is 0 Å². The van der Waals surface area contributed by atoms with E-state index in [0.29, 0.717) is 5.57 Å². The van der Waals surface area contributed by atoms with E-state index in [0.717, 1.165) is 11.2 Å². The number of aromatic amines is 1. The third-order valence-electron chi connectivity index (χ3n) is 3.90. The Labute approximate surface area is 123 Å². The summed E-state index contributed by atoms with van der Waals surface area (Å²) < 4.78 is 4.77. The maximum Gasteiger partial charge on any atom is 0.339 e. The summed E-state index contributed by atoms with van der Waals surface area (Å²) in [6.07, 6.45) is 5.70. The van der Waals surface area contributed by atoms with Crippen molar-refractivity contribution in [3.05, 3.63) is 59.4 Å². The number of aromatic nitrogens is 1. The monoisotopic (exact) mass is 282 g/mol. The van der Waals surface area contributed by atoms with E-state index in [2.05, 4.69) is 24.0 Å². The Bertz CT molecular complexity index is 755. The molecule has 108 valence electrons. The third kappa shape index (κ3) is 2.23.